The monoisotopic (exact) mass is 1330 g/mol. The summed E-state index contributed by atoms with van der Waals surface area (Å²) in [5, 5.41) is 2.11. The molecule has 0 bridgehead atoms. The van der Waals surface area contributed by atoms with Crippen LogP contribution in [0.2, 0.25) is 0 Å². The zero-order valence-electron chi connectivity index (χ0n) is 51.2. The molecule has 1 aliphatic rings. The molecule has 0 saturated heterocycles. The zero-order valence-corrected chi connectivity index (χ0v) is 53.5. The van der Waals surface area contributed by atoms with Crippen molar-refractivity contribution in [3.8, 4) is 73.0 Å². The second kappa shape index (κ2) is 23.5. The third kappa shape index (κ3) is 11.5. The number of aromatic nitrogens is 2. The van der Waals surface area contributed by atoms with Gasteiger partial charge in [0, 0.05) is 41.4 Å². The summed E-state index contributed by atoms with van der Waals surface area (Å²) >= 11 is 0. The first-order chi connectivity index (χ1) is 41.8. The normalized spacial score (nSPS) is 12.4. The molecule has 436 valence electrons. The quantitative estimate of drug-likeness (QED) is 0.0902. The number of halogens is 2. The van der Waals surface area contributed by atoms with E-state index < -0.39 is 11.6 Å². The maximum atomic E-state index is 15.8. The smallest absolute Gasteiger partial charge is 0.509 e. The zero-order chi connectivity index (χ0) is 60.5. The van der Waals surface area contributed by atoms with Crippen LogP contribution >= 0.6 is 0 Å². The molecule has 8 heteroatoms. The van der Waals surface area contributed by atoms with Gasteiger partial charge in [-0.3, -0.25) is 0 Å². The molecule has 3 heterocycles. The largest absolute Gasteiger partial charge is 2.00 e. The average Bonchev–Trinajstić information content (AvgIpc) is 1.89. The SMILES string of the molecule is CC(C)c1cc(-c2cc(C(C)(C)C)cc(-c3cc(F)cc(F)c3)c2[N+]2=C=[N+](c3[c-]c(Oc4[c-]c5c(cc4)c4ccccc4n5-c4cc(C(C)(C)C)ccn4)cc(-c4cc(-c5ccccc5)cc(-c5ccccc5)c4)c3)c3ccccc32)cc(C(C)C)c1.[Pt+2]. The Bertz CT molecular complexity index is 4650. The topological polar surface area (TPSA) is 33.1 Å². The molecule has 10 aromatic carbocycles. The predicted molar refractivity (Wildman–Crippen MR) is 356 cm³/mol. The van der Waals surface area contributed by atoms with Crippen LogP contribution in [0.15, 0.2) is 219 Å². The van der Waals surface area contributed by atoms with Crippen LogP contribution in [-0.4, -0.2) is 15.6 Å². The summed E-state index contributed by atoms with van der Waals surface area (Å²) in [6, 6.07) is 83.2. The molecule has 0 fully saturated rings. The fourth-order valence-corrected chi connectivity index (χ4v) is 11.9. The Morgan fingerprint density at radius 2 is 1.00 bits per heavy atom. The molecule has 0 atom stereocenters. The first-order valence-corrected chi connectivity index (χ1v) is 30.0. The van der Waals surface area contributed by atoms with Crippen molar-refractivity contribution < 1.29 is 34.6 Å². The molecule has 88 heavy (non-hydrogen) atoms. The summed E-state index contributed by atoms with van der Waals surface area (Å²) in [6.45, 7) is 22.0. The molecule has 12 aromatic rings. The molecule has 0 saturated carbocycles. The van der Waals surface area contributed by atoms with Crippen LogP contribution in [0.4, 0.5) is 31.5 Å². The Kier molecular flexibility index (Phi) is 15.8. The van der Waals surface area contributed by atoms with E-state index in [1.807, 2.05) is 41.1 Å². The van der Waals surface area contributed by atoms with Crippen LogP contribution in [0, 0.1) is 23.8 Å². The van der Waals surface area contributed by atoms with E-state index in [2.05, 4.69) is 260 Å². The standard InChI is InChI=1S/C80H68F2N4O.Pt/c1-50(2)54-33-55(51(3)4)35-60(34-54)71-43-63(80(8,9)10)44-72(61-39-64(81)46-65(82)40-61)78(71)85-49-84(74-27-19-20-28-75(74)85)66-41-59(58-37-56(52-21-13-11-14-22-52)36-57(38-58)53-23-15-12-16-24-53)42-68(47-66)87-67-29-30-70-69-25-17-18-26-73(69)86(76(70)48-67)77-45-62(31-32-83-77)79(5,6)7;/h11-46,50-51H,1-10H3;/q;+2. The van der Waals surface area contributed by atoms with Gasteiger partial charge >= 0.3 is 27.1 Å². The number of ether oxygens (including phenoxy) is 1. The molecule has 2 aromatic heterocycles. The number of nitrogens with zero attached hydrogens (tertiary/aromatic N) is 4. The second-order valence-corrected chi connectivity index (χ2v) is 25.6. The summed E-state index contributed by atoms with van der Waals surface area (Å²) in [4.78, 5) is 4.95. The molecular weight excluding hydrogens is 1270 g/mol. The van der Waals surface area contributed by atoms with Gasteiger partial charge < -0.3 is 9.30 Å². The summed E-state index contributed by atoms with van der Waals surface area (Å²) in [5.74, 6) is 0.899. The third-order valence-corrected chi connectivity index (χ3v) is 16.7. The second-order valence-electron chi connectivity index (χ2n) is 25.6. The van der Waals surface area contributed by atoms with Gasteiger partial charge in [-0.25, -0.2) is 13.8 Å². The number of benzene rings is 10. The van der Waals surface area contributed by atoms with E-state index in [1.165, 1.54) is 28.8 Å². The van der Waals surface area contributed by atoms with Crippen LogP contribution in [-0.2, 0) is 31.9 Å². The van der Waals surface area contributed by atoms with E-state index in [0.717, 1.165) is 101 Å². The van der Waals surface area contributed by atoms with Gasteiger partial charge in [0.15, 0.2) is 0 Å². The summed E-state index contributed by atoms with van der Waals surface area (Å²) in [6.07, 6.45) is 1.89. The van der Waals surface area contributed by atoms with E-state index in [-0.39, 0.29) is 43.7 Å². The van der Waals surface area contributed by atoms with Crippen molar-refractivity contribution in [3.05, 3.63) is 265 Å². The predicted octanol–water partition coefficient (Wildman–Crippen LogP) is 21.9. The summed E-state index contributed by atoms with van der Waals surface area (Å²) < 4.78 is 45.0. The maximum absolute atomic E-state index is 15.8. The van der Waals surface area contributed by atoms with E-state index in [9.17, 15) is 0 Å². The van der Waals surface area contributed by atoms with Gasteiger partial charge in [0.25, 0.3) is 11.4 Å². The van der Waals surface area contributed by atoms with Crippen molar-refractivity contribution in [1.29, 1.82) is 0 Å². The average molecular weight is 1330 g/mol. The third-order valence-electron chi connectivity index (χ3n) is 16.7. The maximum Gasteiger partial charge on any atom is 2.00 e. The summed E-state index contributed by atoms with van der Waals surface area (Å²) in [5.41, 5.74) is 18.1. The molecule has 0 unspecified atom stereocenters. The van der Waals surface area contributed by atoms with Crippen molar-refractivity contribution >= 4 is 50.6 Å². The molecule has 0 N–H and O–H groups in total. The van der Waals surface area contributed by atoms with Gasteiger partial charge in [-0.2, -0.15) is 6.07 Å². The van der Waals surface area contributed by atoms with Crippen LogP contribution in [0.3, 0.4) is 0 Å². The van der Waals surface area contributed by atoms with Gasteiger partial charge in [-0.1, -0.05) is 201 Å². The van der Waals surface area contributed by atoms with Crippen LogP contribution in [0.1, 0.15) is 103 Å². The van der Waals surface area contributed by atoms with Gasteiger partial charge in [0.2, 0.25) is 5.69 Å². The number of fused-ring (bicyclic) bond motifs is 4. The van der Waals surface area contributed by atoms with Crippen molar-refractivity contribution in [2.24, 2.45) is 0 Å². The number of para-hydroxylation sites is 3. The number of rotatable bonds is 12. The number of pyridine rings is 1. The Morgan fingerprint density at radius 3 is 1.59 bits per heavy atom. The Labute approximate surface area is 529 Å². The molecule has 0 radical (unpaired) electrons. The molecule has 0 amide bonds. The van der Waals surface area contributed by atoms with E-state index in [1.54, 1.807) is 0 Å². The van der Waals surface area contributed by atoms with Crippen molar-refractivity contribution in [2.75, 3.05) is 0 Å². The van der Waals surface area contributed by atoms with Gasteiger partial charge in [-0.15, -0.1) is 29.1 Å². The van der Waals surface area contributed by atoms with Gasteiger partial charge in [0.05, 0.1) is 11.1 Å². The van der Waals surface area contributed by atoms with E-state index in [0.29, 0.717) is 28.3 Å². The fourth-order valence-electron chi connectivity index (χ4n) is 11.9. The summed E-state index contributed by atoms with van der Waals surface area (Å²) in [7, 11) is 0. The van der Waals surface area contributed by atoms with Crippen LogP contribution in [0.5, 0.6) is 11.5 Å². The first-order valence-electron chi connectivity index (χ1n) is 30.0. The molecular formula is C80H68F2N4OPt+2. The van der Waals surface area contributed by atoms with Gasteiger partial charge in [-0.05, 0) is 154 Å². The fraction of sp³-hybridized carbons (Fsp3) is 0.175. The Hall–Kier alpha value is -9.12. The Morgan fingerprint density at radius 1 is 0.466 bits per heavy atom. The van der Waals surface area contributed by atoms with E-state index >= 15 is 8.78 Å². The van der Waals surface area contributed by atoms with E-state index in [4.69, 9.17) is 9.72 Å². The molecule has 0 aliphatic carbocycles. The van der Waals surface area contributed by atoms with Crippen LogP contribution in [0.25, 0.3) is 83.3 Å². The minimum Gasteiger partial charge on any atom is -0.509 e. The van der Waals surface area contributed by atoms with Gasteiger partial charge in [0.1, 0.15) is 23.1 Å². The molecule has 5 nitrogen and oxygen atoms in total. The molecule has 13 rings (SSSR count). The molecule has 0 spiro atoms. The van der Waals surface area contributed by atoms with Crippen molar-refractivity contribution in [1.82, 2.24) is 18.7 Å². The minimum absolute atomic E-state index is 0. The minimum atomic E-state index is -0.658. The van der Waals surface area contributed by atoms with Crippen LogP contribution < -0.4 is 13.9 Å². The number of hydrogen-bond acceptors (Lipinski definition) is 2. The van der Waals surface area contributed by atoms with Crippen molar-refractivity contribution in [3.63, 3.8) is 0 Å². The number of hydrogen-bond donors (Lipinski definition) is 0. The van der Waals surface area contributed by atoms with Crippen molar-refractivity contribution in [2.45, 2.75) is 91.9 Å². The molecule has 1 aliphatic heterocycles. The Balaban J connectivity index is 0.00000754. The first kappa shape index (κ1) is 59.2.